The summed E-state index contributed by atoms with van der Waals surface area (Å²) in [7, 11) is 0. The number of hydrogen-bond donors (Lipinski definition) is 1. The minimum absolute atomic E-state index is 0.0429. The van der Waals surface area contributed by atoms with Crippen LogP contribution in [-0.4, -0.2) is 34.7 Å². The lowest BCUT2D eigenvalue weighted by Crippen LogP contribution is -2.48. The van der Waals surface area contributed by atoms with Crippen molar-refractivity contribution in [1.82, 2.24) is 10.3 Å². The van der Waals surface area contributed by atoms with Crippen LogP contribution in [0.4, 0.5) is 0 Å². The highest BCUT2D eigenvalue weighted by Crippen LogP contribution is 2.32. The highest BCUT2D eigenvalue weighted by Gasteiger charge is 2.38. The van der Waals surface area contributed by atoms with Crippen LogP contribution in [0, 0.1) is 6.92 Å². The van der Waals surface area contributed by atoms with Crippen molar-refractivity contribution < 1.29 is 9.15 Å². The van der Waals surface area contributed by atoms with Crippen molar-refractivity contribution in [1.29, 1.82) is 0 Å². The maximum Gasteiger partial charge on any atom is 0.218 e. The number of nitrogens with zero attached hydrogens (tertiary/aromatic N) is 2. The first-order valence-corrected chi connectivity index (χ1v) is 7.64. The van der Waals surface area contributed by atoms with Gasteiger partial charge in [0.2, 0.25) is 5.89 Å². The first-order valence-electron chi connectivity index (χ1n) is 6.66. The molecule has 2 fully saturated rings. The Hall–Kier alpha value is -1.01. The summed E-state index contributed by atoms with van der Waals surface area (Å²) in [6.45, 7) is 5.59. The topological polar surface area (TPSA) is 59.7 Å². The molecule has 1 aromatic rings. The predicted molar refractivity (Wildman–Crippen MR) is 75.5 cm³/mol. The number of aryl methyl sites for hydroxylation is 1. The van der Waals surface area contributed by atoms with Gasteiger partial charge in [-0.05, 0) is 26.7 Å². The van der Waals surface area contributed by atoms with E-state index in [2.05, 4.69) is 15.3 Å². The van der Waals surface area contributed by atoms with Crippen LogP contribution in [-0.2, 0) is 4.74 Å². The Morgan fingerprint density at radius 1 is 1.47 bits per heavy atom. The third kappa shape index (κ3) is 2.79. The molecule has 0 amide bonds. The second-order valence-corrected chi connectivity index (χ2v) is 6.19. The second kappa shape index (κ2) is 5.17. The maximum atomic E-state index is 5.52. The molecular weight excluding hydrogens is 262 g/mol. The highest BCUT2D eigenvalue weighted by molar-refractivity contribution is 8.14. The molecule has 0 aliphatic carbocycles. The Bertz CT molecular complexity index is 480. The van der Waals surface area contributed by atoms with E-state index in [0.29, 0.717) is 5.89 Å². The maximum absolute atomic E-state index is 5.52. The number of thioether (sulfide) groups is 1. The molecule has 0 radical (unpaired) electrons. The molecule has 0 aromatic carbocycles. The highest BCUT2D eigenvalue weighted by atomic mass is 32.2. The van der Waals surface area contributed by atoms with E-state index in [1.807, 2.05) is 13.8 Å². The fraction of sp³-hybridized carbons (Fsp3) is 0.692. The lowest BCUT2D eigenvalue weighted by molar-refractivity contribution is 0.0555. The molecule has 1 aromatic heterocycles. The molecule has 1 spiro atoms. The number of aliphatic imine (C=N–C) groups is 1. The third-order valence-corrected chi connectivity index (χ3v) is 4.79. The number of oxazole rings is 1. The zero-order valence-corrected chi connectivity index (χ0v) is 12.1. The number of amidine groups is 1. The van der Waals surface area contributed by atoms with Crippen molar-refractivity contribution in [3.05, 3.63) is 17.8 Å². The van der Waals surface area contributed by atoms with Gasteiger partial charge < -0.3 is 14.5 Å². The van der Waals surface area contributed by atoms with Crippen LogP contribution in [0.1, 0.15) is 37.5 Å². The molecule has 1 atom stereocenters. The lowest BCUT2D eigenvalue weighted by Gasteiger charge is -2.32. The Morgan fingerprint density at radius 2 is 2.26 bits per heavy atom. The van der Waals surface area contributed by atoms with E-state index in [-0.39, 0.29) is 11.6 Å². The van der Waals surface area contributed by atoms with Crippen molar-refractivity contribution in [2.24, 2.45) is 4.99 Å². The van der Waals surface area contributed by atoms with Crippen LogP contribution in [0.2, 0.25) is 0 Å². The van der Waals surface area contributed by atoms with Crippen LogP contribution >= 0.6 is 11.8 Å². The zero-order chi connectivity index (χ0) is 13.3. The van der Waals surface area contributed by atoms with Gasteiger partial charge in [-0.3, -0.25) is 0 Å². The molecule has 3 rings (SSSR count). The normalized spacial score (nSPS) is 25.7. The lowest BCUT2D eigenvalue weighted by atomic mass is 9.93. The number of hydrogen-bond acceptors (Lipinski definition) is 5. The summed E-state index contributed by atoms with van der Waals surface area (Å²) in [6, 6.07) is -0.0429. The first kappa shape index (κ1) is 13.0. The van der Waals surface area contributed by atoms with Gasteiger partial charge in [0.05, 0.1) is 11.7 Å². The molecule has 6 heteroatoms. The van der Waals surface area contributed by atoms with Gasteiger partial charge in [0.25, 0.3) is 0 Å². The molecule has 1 unspecified atom stereocenters. The molecule has 2 saturated heterocycles. The van der Waals surface area contributed by atoms with Gasteiger partial charge in [-0.1, -0.05) is 11.8 Å². The Kier molecular flexibility index (Phi) is 3.54. The van der Waals surface area contributed by atoms with Crippen molar-refractivity contribution in [3.63, 3.8) is 0 Å². The number of ether oxygens (including phenoxy) is 1. The fourth-order valence-electron chi connectivity index (χ4n) is 2.40. The molecule has 2 aliphatic heterocycles. The Balaban J connectivity index is 1.68. The van der Waals surface area contributed by atoms with Crippen molar-refractivity contribution in [2.75, 3.05) is 19.0 Å². The molecular formula is C13H19N3O2S. The predicted octanol–water partition coefficient (Wildman–Crippen LogP) is 2.29. The molecule has 5 nitrogen and oxygen atoms in total. The van der Waals surface area contributed by atoms with E-state index in [0.717, 1.165) is 42.7 Å². The van der Waals surface area contributed by atoms with Gasteiger partial charge in [0, 0.05) is 19.0 Å². The van der Waals surface area contributed by atoms with E-state index in [1.54, 1.807) is 18.0 Å². The SMILES string of the molecule is Cc1cnc(C(C)N=C2NC3(CCOCC3)CS2)o1. The summed E-state index contributed by atoms with van der Waals surface area (Å²) in [6.07, 6.45) is 3.86. The van der Waals surface area contributed by atoms with Gasteiger partial charge in [-0.2, -0.15) is 0 Å². The van der Waals surface area contributed by atoms with Crippen LogP contribution in [0.3, 0.4) is 0 Å². The third-order valence-electron chi connectivity index (χ3n) is 3.61. The molecule has 104 valence electrons. The summed E-state index contributed by atoms with van der Waals surface area (Å²) >= 11 is 1.79. The van der Waals surface area contributed by atoms with Crippen LogP contribution in [0.5, 0.6) is 0 Å². The molecule has 3 heterocycles. The largest absolute Gasteiger partial charge is 0.444 e. The minimum atomic E-state index is -0.0429. The number of rotatable bonds is 2. The summed E-state index contributed by atoms with van der Waals surface area (Å²) in [5, 5.41) is 4.58. The number of aromatic nitrogens is 1. The standard InChI is InChI=1S/C13H19N3O2S/c1-9-7-14-11(18-9)10(2)15-12-16-13(8-19-12)3-5-17-6-4-13/h7,10H,3-6,8H2,1-2H3,(H,15,16). The smallest absolute Gasteiger partial charge is 0.218 e. The van der Waals surface area contributed by atoms with E-state index in [1.165, 1.54) is 0 Å². The van der Waals surface area contributed by atoms with Gasteiger partial charge in [-0.25, -0.2) is 9.98 Å². The average molecular weight is 281 g/mol. The van der Waals surface area contributed by atoms with Crippen molar-refractivity contribution >= 4 is 16.9 Å². The Morgan fingerprint density at radius 3 is 2.95 bits per heavy atom. The fourth-order valence-corrected chi connectivity index (χ4v) is 3.70. The van der Waals surface area contributed by atoms with Gasteiger partial charge in [0.15, 0.2) is 5.17 Å². The van der Waals surface area contributed by atoms with E-state index >= 15 is 0 Å². The summed E-state index contributed by atoms with van der Waals surface area (Å²) in [5.74, 6) is 2.59. The minimum Gasteiger partial charge on any atom is -0.444 e. The Labute approximate surface area is 117 Å². The zero-order valence-electron chi connectivity index (χ0n) is 11.3. The molecule has 1 N–H and O–H groups in total. The van der Waals surface area contributed by atoms with Crippen molar-refractivity contribution in [2.45, 2.75) is 38.3 Å². The second-order valence-electron chi connectivity index (χ2n) is 5.23. The van der Waals surface area contributed by atoms with Crippen molar-refractivity contribution in [3.8, 4) is 0 Å². The van der Waals surface area contributed by atoms with Crippen LogP contribution in [0.15, 0.2) is 15.6 Å². The summed E-state index contributed by atoms with van der Waals surface area (Å²) in [4.78, 5) is 8.91. The molecule has 0 saturated carbocycles. The van der Waals surface area contributed by atoms with E-state index < -0.39 is 0 Å². The van der Waals surface area contributed by atoms with Crippen LogP contribution < -0.4 is 5.32 Å². The summed E-state index contributed by atoms with van der Waals surface area (Å²) in [5.41, 5.74) is 0.188. The molecule has 0 bridgehead atoms. The van der Waals surface area contributed by atoms with Gasteiger partial charge in [0.1, 0.15) is 11.8 Å². The molecule has 19 heavy (non-hydrogen) atoms. The van der Waals surface area contributed by atoms with Crippen LogP contribution in [0.25, 0.3) is 0 Å². The quantitative estimate of drug-likeness (QED) is 0.901. The van der Waals surface area contributed by atoms with Gasteiger partial charge in [-0.15, -0.1) is 0 Å². The van der Waals surface area contributed by atoms with E-state index in [9.17, 15) is 0 Å². The first-order chi connectivity index (χ1) is 9.17. The van der Waals surface area contributed by atoms with E-state index in [4.69, 9.17) is 9.15 Å². The number of nitrogens with one attached hydrogen (secondary N) is 1. The van der Waals surface area contributed by atoms with Gasteiger partial charge >= 0.3 is 0 Å². The summed E-state index contributed by atoms with van der Waals surface area (Å²) < 4.78 is 10.9. The monoisotopic (exact) mass is 281 g/mol. The average Bonchev–Trinajstić information content (AvgIpc) is 2.98. The molecule has 2 aliphatic rings.